The van der Waals surface area contributed by atoms with Gasteiger partial charge in [0.2, 0.25) is 4.77 Å². The molecule has 0 unspecified atom stereocenters. The fourth-order valence-corrected chi connectivity index (χ4v) is 2.46. The summed E-state index contributed by atoms with van der Waals surface area (Å²) >= 11 is 5.29. The summed E-state index contributed by atoms with van der Waals surface area (Å²) in [4.78, 5) is 0. The van der Waals surface area contributed by atoms with Crippen LogP contribution in [-0.2, 0) is 0 Å². The van der Waals surface area contributed by atoms with E-state index < -0.39 is 0 Å². The largest absolute Gasteiger partial charge is 0.494 e. The Bertz CT molecular complexity index is 908. The molecule has 0 aliphatic carbocycles. The number of nitrogens with zero attached hydrogens (tertiary/aromatic N) is 3. The van der Waals surface area contributed by atoms with Crippen LogP contribution in [0.25, 0.3) is 11.4 Å². The lowest BCUT2D eigenvalue weighted by Gasteiger charge is -2.04. The Morgan fingerprint density at radius 1 is 1.16 bits per heavy atom. The highest BCUT2D eigenvalue weighted by atomic mass is 32.1. The molecule has 128 valence electrons. The average Bonchev–Trinajstić information content (AvgIpc) is 3.00. The van der Waals surface area contributed by atoms with Gasteiger partial charge in [-0.1, -0.05) is 36.8 Å². The Kier molecular flexibility index (Phi) is 5.40. The Morgan fingerprint density at radius 3 is 2.56 bits per heavy atom. The summed E-state index contributed by atoms with van der Waals surface area (Å²) in [6.45, 7) is 4.85. The lowest BCUT2D eigenvalue weighted by molar-refractivity contribution is 0.317. The summed E-state index contributed by atoms with van der Waals surface area (Å²) in [5.74, 6) is 1.54. The first kappa shape index (κ1) is 17.1. The highest BCUT2D eigenvalue weighted by Crippen LogP contribution is 2.18. The van der Waals surface area contributed by atoms with Crippen LogP contribution >= 0.6 is 12.2 Å². The first-order valence-corrected chi connectivity index (χ1v) is 8.60. The second-order valence-corrected chi connectivity index (χ2v) is 6.08. The van der Waals surface area contributed by atoms with Gasteiger partial charge in [0, 0.05) is 5.56 Å². The number of ether oxygens (including phenoxy) is 1. The van der Waals surface area contributed by atoms with E-state index in [2.05, 4.69) is 22.2 Å². The van der Waals surface area contributed by atoms with Gasteiger partial charge in [0.1, 0.15) is 5.75 Å². The van der Waals surface area contributed by atoms with E-state index in [1.54, 1.807) is 10.9 Å². The fourth-order valence-electron chi connectivity index (χ4n) is 2.28. The van der Waals surface area contributed by atoms with Gasteiger partial charge < -0.3 is 4.74 Å². The summed E-state index contributed by atoms with van der Waals surface area (Å²) in [6.07, 6.45) is 2.75. The number of hydrogen-bond donors (Lipinski definition) is 1. The second-order valence-electron chi connectivity index (χ2n) is 5.69. The lowest BCUT2D eigenvalue weighted by Crippen LogP contribution is -1.96. The highest BCUT2D eigenvalue weighted by molar-refractivity contribution is 7.71. The minimum atomic E-state index is 0.453. The second kappa shape index (κ2) is 7.90. The van der Waals surface area contributed by atoms with Crippen LogP contribution in [-0.4, -0.2) is 27.7 Å². The van der Waals surface area contributed by atoms with Crippen molar-refractivity contribution in [2.24, 2.45) is 5.10 Å². The summed E-state index contributed by atoms with van der Waals surface area (Å²) < 4.78 is 7.66. The van der Waals surface area contributed by atoms with Gasteiger partial charge in [0.05, 0.1) is 12.8 Å². The molecular formula is C19H20N4OS. The molecule has 3 aromatic rings. The van der Waals surface area contributed by atoms with E-state index in [9.17, 15) is 0 Å². The van der Waals surface area contributed by atoms with Gasteiger partial charge in [-0.3, -0.25) is 0 Å². The molecule has 5 nitrogen and oxygen atoms in total. The molecule has 2 aromatic carbocycles. The normalized spacial score (nSPS) is 11.1. The topological polar surface area (TPSA) is 55.2 Å². The molecule has 0 bridgehead atoms. The van der Waals surface area contributed by atoms with Crippen molar-refractivity contribution in [3.8, 4) is 17.1 Å². The zero-order valence-electron chi connectivity index (χ0n) is 14.3. The van der Waals surface area contributed by atoms with Crippen molar-refractivity contribution in [2.75, 3.05) is 6.61 Å². The zero-order chi connectivity index (χ0) is 17.6. The van der Waals surface area contributed by atoms with Crippen molar-refractivity contribution in [1.82, 2.24) is 14.9 Å². The molecule has 0 amide bonds. The maximum Gasteiger partial charge on any atom is 0.216 e. The molecule has 0 atom stereocenters. The Hall–Kier alpha value is -2.73. The van der Waals surface area contributed by atoms with E-state index in [-0.39, 0.29) is 0 Å². The van der Waals surface area contributed by atoms with E-state index in [1.165, 1.54) is 5.56 Å². The van der Waals surface area contributed by atoms with Crippen molar-refractivity contribution in [3.05, 3.63) is 64.4 Å². The van der Waals surface area contributed by atoms with Crippen LogP contribution in [0.4, 0.5) is 0 Å². The van der Waals surface area contributed by atoms with Crippen LogP contribution in [0, 0.1) is 11.7 Å². The van der Waals surface area contributed by atoms with Crippen molar-refractivity contribution in [3.63, 3.8) is 0 Å². The number of hydrogen-bond acceptors (Lipinski definition) is 4. The number of aromatic amines is 1. The third kappa shape index (κ3) is 4.22. The van der Waals surface area contributed by atoms with E-state index in [4.69, 9.17) is 17.0 Å². The van der Waals surface area contributed by atoms with Gasteiger partial charge in [-0.25, -0.2) is 5.10 Å². The molecule has 25 heavy (non-hydrogen) atoms. The number of benzene rings is 2. The Morgan fingerprint density at radius 2 is 1.88 bits per heavy atom. The molecule has 3 rings (SSSR count). The summed E-state index contributed by atoms with van der Waals surface area (Å²) in [6, 6.07) is 15.9. The Balaban J connectivity index is 1.83. The molecule has 1 aromatic heterocycles. The standard InChI is InChI=1S/C19H20N4OS/c1-3-12-24-17-10-6-15(7-11-17)13-20-23-18(21-22-19(23)25)16-8-4-14(2)5-9-16/h4-11,13H,3,12H2,1-2H3,(H,22,25)/b20-13+. The van der Waals surface area contributed by atoms with Gasteiger partial charge >= 0.3 is 0 Å². The molecular weight excluding hydrogens is 332 g/mol. The van der Waals surface area contributed by atoms with Crippen LogP contribution in [0.3, 0.4) is 0 Å². The molecule has 1 N–H and O–H groups in total. The number of rotatable bonds is 6. The predicted molar refractivity (Wildman–Crippen MR) is 103 cm³/mol. The minimum Gasteiger partial charge on any atom is -0.494 e. The SMILES string of the molecule is CCCOc1ccc(/C=N/n2c(-c3ccc(C)cc3)n[nH]c2=S)cc1. The molecule has 0 spiro atoms. The number of aryl methyl sites for hydroxylation is 1. The van der Waals surface area contributed by atoms with Gasteiger partial charge in [-0.2, -0.15) is 14.9 Å². The van der Waals surface area contributed by atoms with E-state index in [0.29, 0.717) is 10.6 Å². The van der Waals surface area contributed by atoms with Gasteiger partial charge in [-0.05, 0) is 55.4 Å². The van der Waals surface area contributed by atoms with Crippen molar-refractivity contribution in [1.29, 1.82) is 0 Å². The monoisotopic (exact) mass is 352 g/mol. The Labute approximate surface area is 152 Å². The summed E-state index contributed by atoms with van der Waals surface area (Å²) in [7, 11) is 0. The minimum absolute atomic E-state index is 0.453. The third-order valence-electron chi connectivity index (χ3n) is 3.64. The van der Waals surface area contributed by atoms with Crippen LogP contribution in [0.15, 0.2) is 53.6 Å². The van der Waals surface area contributed by atoms with Crippen LogP contribution in [0.1, 0.15) is 24.5 Å². The molecule has 0 saturated heterocycles. The first-order valence-electron chi connectivity index (χ1n) is 8.19. The molecule has 1 heterocycles. The quantitative estimate of drug-likeness (QED) is 0.521. The first-order chi connectivity index (χ1) is 12.2. The molecule has 6 heteroatoms. The molecule has 0 aliphatic rings. The van der Waals surface area contributed by atoms with E-state index >= 15 is 0 Å². The summed E-state index contributed by atoms with van der Waals surface area (Å²) in [5, 5.41) is 11.6. The molecule has 0 fully saturated rings. The zero-order valence-corrected chi connectivity index (χ0v) is 15.1. The van der Waals surface area contributed by atoms with Crippen molar-refractivity contribution in [2.45, 2.75) is 20.3 Å². The van der Waals surface area contributed by atoms with Crippen LogP contribution in [0.2, 0.25) is 0 Å². The van der Waals surface area contributed by atoms with Crippen molar-refractivity contribution >= 4 is 18.4 Å². The molecule has 0 aliphatic heterocycles. The predicted octanol–water partition coefficient (Wildman–Crippen LogP) is 4.59. The molecule has 0 radical (unpaired) electrons. The van der Waals surface area contributed by atoms with Gasteiger partial charge in [0.25, 0.3) is 0 Å². The fraction of sp³-hybridized carbons (Fsp3) is 0.211. The van der Waals surface area contributed by atoms with E-state index in [0.717, 1.165) is 29.9 Å². The smallest absolute Gasteiger partial charge is 0.216 e. The van der Waals surface area contributed by atoms with Crippen molar-refractivity contribution < 1.29 is 4.74 Å². The maximum atomic E-state index is 5.58. The number of aromatic nitrogens is 3. The number of H-pyrrole nitrogens is 1. The third-order valence-corrected chi connectivity index (χ3v) is 3.90. The van der Waals surface area contributed by atoms with Gasteiger partial charge in [-0.15, -0.1) is 0 Å². The average molecular weight is 352 g/mol. The number of nitrogens with one attached hydrogen (secondary N) is 1. The van der Waals surface area contributed by atoms with E-state index in [1.807, 2.05) is 55.5 Å². The maximum absolute atomic E-state index is 5.58. The van der Waals surface area contributed by atoms with Crippen LogP contribution < -0.4 is 4.74 Å². The molecule has 0 saturated carbocycles. The summed E-state index contributed by atoms with van der Waals surface area (Å²) in [5.41, 5.74) is 3.11. The van der Waals surface area contributed by atoms with Crippen LogP contribution in [0.5, 0.6) is 5.75 Å². The van der Waals surface area contributed by atoms with Gasteiger partial charge in [0.15, 0.2) is 5.82 Å². The highest BCUT2D eigenvalue weighted by Gasteiger charge is 2.07. The lowest BCUT2D eigenvalue weighted by atomic mass is 10.1.